The largest absolute Gasteiger partial charge is 0.368 e. The van der Waals surface area contributed by atoms with Crippen molar-refractivity contribution in [1.29, 1.82) is 0 Å². The maximum absolute atomic E-state index is 14.2. The Morgan fingerprint density at radius 3 is 2.76 bits per heavy atom. The molecule has 0 aliphatic carbocycles. The zero-order chi connectivity index (χ0) is 15.2. The van der Waals surface area contributed by atoms with Gasteiger partial charge < -0.3 is 9.88 Å². The average Bonchev–Trinajstić information content (AvgIpc) is 2.88. The molecule has 1 aromatic heterocycles. The summed E-state index contributed by atoms with van der Waals surface area (Å²) in [5.41, 5.74) is 0.618. The smallest absolute Gasteiger partial charge is 0.248 e. The Bertz CT molecular complexity index is 860. The van der Waals surface area contributed by atoms with Crippen molar-refractivity contribution in [1.82, 2.24) is 4.98 Å². The summed E-state index contributed by atoms with van der Waals surface area (Å²) in [6.07, 6.45) is 1.69. The quantitative estimate of drug-likeness (QED) is 0.907. The number of sulfone groups is 1. The molecule has 21 heavy (non-hydrogen) atoms. The highest BCUT2D eigenvalue weighted by molar-refractivity contribution is 7.91. The highest BCUT2D eigenvalue weighted by Crippen LogP contribution is 2.28. The van der Waals surface area contributed by atoms with Gasteiger partial charge in [0.25, 0.3) is 0 Å². The summed E-state index contributed by atoms with van der Waals surface area (Å²) in [4.78, 5) is 15.7. The number of fused-ring (bicyclic) bond motifs is 1. The van der Waals surface area contributed by atoms with E-state index in [0.717, 1.165) is 0 Å². The molecule has 0 saturated carbocycles. The normalized spacial score (nSPS) is 19.3. The number of aromatic amines is 1. The first-order chi connectivity index (χ1) is 9.84. The first-order valence-corrected chi connectivity index (χ1v) is 8.56. The highest BCUT2D eigenvalue weighted by atomic mass is 32.2. The van der Waals surface area contributed by atoms with Crippen molar-refractivity contribution in [2.45, 2.75) is 11.7 Å². The van der Waals surface area contributed by atoms with Crippen LogP contribution in [0.25, 0.3) is 10.9 Å². The number of hydrogen-bond acceptors (Lipinski definition) is 4. The molecular formula is C14H15FN2O3S. The molecule has 0 spiro atoms. The van der Waals surface area contributed by atoms with E-state index in [1.165, 1.54) is 18.4 Å². The van der Waals surface area contributed by atoms with E-state index in [4.69, 9.17) is 0 Å². The molecule has 1 aromatic carbocycles. The van der Waals surface area contributed by atoms with Crippen LogP contribution in [-0.4, -0.2) is 38.0 Å². The topological polar surface area (TPSA) is 70.2 Å². The van der Waals surface area contributed by atoms with E-state index in [9.17, 15) is 17.6 Å². The number of benzene rings is 1. The lowest BCUT2D eigenvalue weighted by molar-refractivity contribution is 0.589. The summed E-state index contributed by atoms with van der Waals surface area (Å²) < 4.78 is 37.4. The van der Waals surface area contributed by atoms with Crippen molar-refractivity contribution in [2.75, 3.05) is 24.2 Å². The zero-order valence-electron chi connectivity index (χ0n) is 11.5. The van der Waals surface area contributed by atoms with Gasteiger partial charge in [-0.1, -0.05) is 0 Å². The summed E-state index contributed by atoms with van der Waals surface area (Å²) in [5.74, 6) is -0.413. The van der Waals surface area contributed by atoms with Gasteiger partial charge in [-0.15, -0.1) is 0 Å². The van der Waals surface area contributed by atoms with Gasteiger partial charge in [-0.05, 0) is 24.6 Å². The molecule has 112 valence electrons. The Morgan fingerprint density at radius 1 is 1.33 bits per heavy atom. The van der Waals surface area contributed by atoms with Gasteiger partial charge in [-0.25, -0.2) is 12.8 Å². The van der Waals surface area contributed by atoms with Crippen molar-refractivity contribution in [3.8, 4) is 0 Å². The molecule has 0 radical (unpaired) electrons. The summed E-state index contributed by atoms with van der Waals surface area (Å²) >= 11 is 0. The van der Waals surface area contributed by atoms with Gasteiger partial charge >= 0.3 is 0 Å². The first kappa shape index (κ1) is 14.1. The Kier molecular flexibility index (Phi) is 3.24. The molecule has 3 rings (SSSR count). The van der Waals surface area contributed by atoms with E-state index in [2.05, 4.69) is 4.98 Å². The number of nitrogens with zero attached hydrogens (tertiary/aromatic N) is 1. The standard InChI is InChI=1S/C14H15FN2O3S/c1-21(19,20)10-4-5-17(8-10)13-7-12-9(6-11(13)15)2-3-14(18)16-12/h2-3,6-7,10H,4-5,8H2,1H3,(H,16,18). The molecule has 1 N–H and O–H groups in total. The number of anilines is 1. The predicted octanol–water partition coefficient (Wildman–Crippen LogP) is 1.29. The van der Waals surface area contributed by atoms with Crippen LogP contribution in [0.4, 0.5) is 10.1 Å². The number of H-pyrrole nitrogens is 1. The summed E-state index contributed by atoms with van der Waals surface area (Å²) in [6, 6.07) is 5.83. The molecule has 1 fully saturated rings. The lowest BCUT2D eigenvalue weighted by Crippen LogP contribution is -2.26. The predicted molar refractivity (Wildman–Crippen MR) is 80.0 cm³/mol. The van der Waals surface area contributed by atoms with Crippen LogP contribution in [0.1, 0.15) is 6.42 Å². The zero-order valence-corrected chi connectivity index (χ0v) is 12.3. The lowest BCUT2D eigenvalue weighted by atomic mass is 10.2. The fourth-order valence-corrected chi connectivity index (χ4v) is 3.69. The third-order valence-corrected chi connectivity index (χ3v) is 5.48. The highest BCUT2D eigenvalue weighted by Gasteiger charge is 2.31. The van der Waals surface area contributed by atoms with E-state index >= 15 is 0 Å². The molecule has 1 aliphatic rings. The Balaban J connectivity index is 2.01. The number of rotatable bonds is 2. The third-order valence-electron chi connectivity index (χ3n) is 3.88. The molecule has 7 heteroatoms. The van der Waals surface area contributed by atoms with E-state index in [1.54, 1.807) is 17.0 Å². The minimum atomic E-state index is -3.13. The Morgan fingerprint density at radius 2 is 2.10 bits per heavy atom. The lowest BCUT2D eigenvalue weighted by Gasteiger charge is -2.19. The van der Waals surface area contributed by atoms with Crippen LogP contribution in [0.2, 0.25) is 0 Å². The average molecular weight is 310 g/mol. The van der Waals surface area contributed by atoms with Gasteiger partial charge in [0.15, 0.2) is 9.84 Å². The summed E-state index contributed by atoms with van der Waals surface area (Å²) in [5, 5.41) is 0.136. The maximum Gasteiger partial charge on any atom is 0.248 e. The van der Waals surface area contributed by atoms with Crippen molar-refractivity contribution in [3.05, 3.63) is 40.4 Å². The molecular weight excluding hydrogens is 295 g/mol. The van der Waals surface area contributed by atoms with Gasteiger partial charge in [0, 0.05) is 30.8 Å². The molecule has 0 bridgehead atoms. The fourth-order valence-electron chi connectivity index (χ4n) is 2.70. The maximum atomic E-state index is 14.2. The first-order valence-electron chi connectivity index (χ1n) is 6.61. The van der Waals surface area contributed by atoms with E-state index in [-0.39, 0.29) is 12.1 Å². The molecule has 2 heterocycles. The van der Waals surface area contributed by atoms with Gasteiger partial charge in [0.05, 0.1) is 16.5 Å². The van der Waals surface area contributed by atoms with Crippen LogP contribution in [-0.2, 0) is 9.84 Å². The van der Waals surface area contributed by atoms with Crippen LogP contribution in [0.5, 0.6) is 0 Å². The van der Waals surface area contributed by atoms with E-state index in [0.29, 0.717) is 29.6 Å². The third kappa shape index (κ3) is 2.65. The van der Waals surface area contributed by atoms with Crippen molar-refractivity contribution < 1.29 is 12.8 Å². The molecule has 2 aromatic rings. The van der Waals surface area contributed by atoms with Crippen LogP contribution in [0.15, 0.2) is 29.1 Å². The minimum Gasteiger partial charge on any atom is -0.368 e. The van der Waals surface area contributed by atoms with Gasteiger partial charge in [-0.2, -0.15) is 0 Å². The number of halogens is 1. The minimum absolute atomic E-state index is 0.254. The molecule has 5 nitrogen and oxygen atoms in total. The van der Waals surface area contributed by atoms with Crippen molar-refractivity contribution >= 4 is 26.4 Å². The Labute approximate surface area is 121 Å². The van der Waals surface area contributed by atoms with E-state index < -0.39 is 20.9 Å². The monoisotopic (exact) mass is 310 g/mol. The SMILES string of the molecule is CS(=O)(=O)C1CCN(c2cc3[nH]c(=O)ccc3cc2F)C1. The molecule has 1 saturated heterocycles. The number of pyridine rings is 1. The van der Waals surface area contributed by atoms with Crippen LogP contribution >= 0.6 is 0 Å². The fraction of sp³-hybridized carbons (Fsp3) is 0.357. The van der Waals surface area contributed by atoms with Gasteiger partial charge in [-0.3, -0.25) is 4.79 Å². The summed E-state index contributed by atoms with van der Waals surface area (Å²) in [6.45, 7) is 0.759. The number of nitrogens with one attached hydrogen (secondary N) is 1. The van der Waals surface area contributed by atoms with Gasteiger partial charge in [0.2, 0.25) is 5.56 Å². The van der Waals surface area contributed by atoms with Crippen LogP contribution < -0.4 is 10.5 Å². The van der Waals surface area contributed by atoms with Crippen molar-refractivity contribution in [2.24, 2.45) is 0 Å². The van der Waals surface area contributed by atoms with Crippen LogP contribution in [0, 0.1) is 5.82 Å². The van der Waals surface area contributed by atoms with E-state index in [1.807, 2.05) is 0 Å². The number of aromatic nitrogens is 1. The second-order valence-corrected chi connectivity index (χ2v) is 7.73. The molecule has 0 amide bonds. The molecule has 1 atom stereocenters. The second-order valence-electron chi connectivity index (χ2n) is 5.40. The van der Waals surface area contributed by atoms with Crippen molar-refractivity contribution in [3.63, 3.8) is 0 Å². The Hall–Kier alpha value is -1.89. The number of hydrogen-bond donors (Lipinski definition) is 1. The second kappa shape index (κ2) is 4.84. The molecule has 1 unspecified atom stereocenters. The summed E-state index contributed by atoms with van der Waals surface area (Å²) in [7, 11) is -3.13. The van der Waals surface area contributed by atoms with Gasteiger partial charge in [0.1, 0.15) is 5.82 Å². The van der Waals surface area contributed by atoms with Crippen LogP contribution in [0.3, 0.4) is 0 Å². The molecule has 1 aliphatic heterocycles.